The van der Waals surface area contributed by atoms with E-state index in [4.69, 9.17) is 14.2 Å². The minimum atomic E-state index is -0.828. The van der Waals surface area contributed by atoms with Crippen molar-refractivity contribution in [3.05, 3.63) is 97.2 Å². The molecule has 0 saturated carbocycles. The van der Waals surface area contributed by atoms with E-state index in [1.54, 1.807) is 0 Å². The SMILES string of the molecule is CC/C=C\C/C=C\CCCCCCCCCC(=O)OCC(COC(=O)CCC/C=C\C/C=C\C/C=C\CCCCCCCC)OC(=O)CCC/C=C\C/C=C\C/C=C\CCCCCCCC. The highest BCUT2D eigenvalue weighted by Crippen LogP contribution is 2.13. The number of hydrogen-bond donors (Lipinski definition) is 0. The molecule has 0 saturated heterocycles. The van der Waals surface area contributed by atoms with E-state index < -0.39 is 6.10 Å². The number of allylic oxidation sites excluding steroid dienone is 16. The summed E-state index contributed by atoms with van der Waals surface area (Å²) in [6, 6.07) is 0. The van der Waals surface area contributed by atoms with Gasteiger partial charge in [-0.3, -0.25) is 14.4 Å². The number of ether oxygens (including phenoxy) is 3. The van der Waals surface area contributed by atoms with Crippen LogP contribution in [0.2, 0.25) is 0 Å². The highest BCUT2D eigenvalue weighted by molar-refractivity contribution is 5.71. The van der Waals surface area contributed by atoms with Crippen molar-refractivity contribution in [2.75, 3.05) is 13.2 Å². The molecule has 0 rings (SSSR count). The van der Waals surface area contributed by atoms with Gasteiger partial charge in [-0.05, 0) is 109 Å². The van der Waals surface area contributed by atoms with E-state index in [9.17, 15) is 14.4 Å². The second kappa shape index (κ2) is 53.9. The third-order valence-electron chi connectivity index (χ3n) is 11.3. The standard InChI is InChI=1S/C60H100O6/c1-4-7-10-13-16-19-22-25-28-30-32-35-38-41-44-47-50-53-59(62)65-56-57(55-64-58(61)52-49-46-43-40-37-34-27-24-21-18-15-12-9-6-3)66-60(63)54-51-48-45-42-39-36-33-31-29-26-23-20-17-14-11-8-5-2/h9,12,18,21,25-26,28-29,32-33,35-36,41-42,44-45,57H,4-8,10-11,13-17,19-20,22-24,27,30-31,34,37-40,43,46-56H2,1-3H3/b12-9-,21-18-,28-25-,29-26-,35-32-,36-33-,44-41-,45-42-. The molecule has 0 N–H and O–H groups in total. The molecule has 0 amide bonds. The molecule has 0 spiro atoms. The molecule has 0 aromatic heterocycles. The Kier molecular flexibility index (Phi) is 50.9. The minimum absolute atomic E-state index is 0.118. The van der Waals surface area contributed by atoms with Crippen molar-refractivity contribution in [1.82, 2.24) is 0 Å². The Labute approximate surface area is 407 Å². The molecule has 0 aromatic carbocycles. The number of carbonyl (C=O) groups is 3. The van der Waals surface area contributed by atoms with Gasteiger partial charge in [-0.2, -0.15) is 0 Å². The summed E-state index contributed by atoms with van der Waals surface area (Å²) in [5.41, 5.74) is 0. The molecule has 66 heavy (non-hydrogen) atoms. The van der Waals surface area contributed by atoms with Crippen LogP contribution >= 0.6 is 0 Å². The fraction of sp³-hybridized carbons (Fsp3) is 0.683. The lowest BCUT2D eigenvalue weighted by atomic mass is 10.1. The Hall–Kier alpha value is -3.67. The van der Waals surface area contributed by atoms with Crippen LogP contribution in [0.15, 0.2) is 97.2 Å². The summed E-state index contributed by atoms with van der Waals surface area (Å²) in [7, 11) is 0. The van der Waals surface area contributed by atoms with Crippen molar-refractivity contribution < 1.29 is 28.6 Å². The Morgan fingerprint density at radius 2 is 0.606 bits per heavy atom. The first-order valence-corrected chi connectivity index (χ1v) is 27.2. The Morgan fingerprint density at radius 3 is 0.985 bits per heavy atom. The summed E-state index contributed by atoms with van der Waals surface area (Å²) in [5, 5.41) is 0. The molecule has 0 bridgehead atoms. The molecule has 0 radical (unpaired) electrons. The van der Waals surface area contributed by atoms with E-state index in [1.807, 2.05) is 0 Å². The van der Waals surface area contributed by atoms with Gasteiger partial charge in [-0.15, -0.1) is 0 Å². The van der Waals surface area contributed by atoms with Crippen molar-refractivity contribution in [3.8, 4) is 0 Å². The zero-order chi connectivity index (χ0) is 47.9. The third kappa shape index (κ3) is 51.3. The van der Waals surface area contributed by atoms with Gasteiger partial charge in [0.1, 0.15) is 13.2 Å². The van der Waals surface area contributed by atoms with Crippen LogP contribution in [0.3, 0.4) is 0 Å². The molecule has 6 nitrogen and oxygen atoms in total. The molecule has 6 heteroatoms. The van der Waals surface area contributed by atoms with Gasteiger partial charge in [0.2, 0.25) is 0 Å². The second-order valence-electron chi connectivity index (χ2n) is 17.7. The molecule has 0 aliphatic carbocycles. The first-order chi connectivity index (χ1) is 32.5. The maximum absolute atomic E-state index is 12.8. The topological polar surface area (TPSA) is 78.9 Å². The van der Waals surface area contributed by atoms with Crippen molar-refractivity contribution in [3.63, 3.8) is 0 Å². The van der Waals surface area contributed by atoms with Crippen molar-refractivity contribution in [2.24, 2.45) is 0 Å². The van der Waals surface area contributed by atoms with Crippen LogP contribution in [-0.4, -0.2) is 37.2 Å². The summed E-state index contributed by atoms with van der Waals surface area (Å²) in [4.78, 5) is 38.0. The van der Waals surface area contributed by atoms with Gasteiger partial charge in [0.15, 0.2) is 6.10 Å². The monoisotopic (exact) mass is 917 g/mol. The maximum Gasteiger partial charge on any atom is 0.306 e. The van der Waals surface area contributed by atoms with E-state index in [1.165, 1.54) is 116 Å². The largest absolute Gasteiger partial charge is 0.462 e. The van der Waals surface area contributed by atoms with Crippen LogP contribution in [0.4, 0.5) is 0 Å². The molecule has 0 fully saturated rings. The van der Waals surface area contributed by atoms with Crippen LogP contribution < -0.4 is 0 Å². The number of rotatable bonds is 48. The zero-order valence-electron chi connectivity index (χ0n) is 42.9. The van der Waals surface area contributed by atoms with Gasteiger partial charge in [0.05, 0.1) is 0 Å². The quantitative estimate of drug-likeness (QED) is 0.0262. The second-order valence-corrected chi connectivity index (χ2v) is 17.7. The number of unbranched alkanes of at least 4 members (excludes halogenated alkanes) is 21. The normalized spacial score (nSPS) is 12.8. The van der Waals surface area contributed by atoms with Gasteiger partial charge in [-0.1, -0.05) is 214 Å². The first kappa shape index (κ1) is 62.3. The van der Waals surface area contributed by atoms with Crippen LogP contribution in [0.25, 0.3) is 0 Å². The predicted molar refractivity (Wildman–Crippen MR) is 284 cm³/mol. The number of hydrogen-bond acceptors (Lipinski definition) is 6. The van der Waals surface area contributed by atoms with Gasteiger partial charge >= 0.3 is 17.9 Å². The predicted octanol–water partition coefficient (Wildman–Crippen LogP) is 18.1. The fourth-order valence-electron chi connectivity index (χ4n) is 7.22. The van der Waals surface area contributed by atoms with Crippen molar-refractivity contribution in [2.45, 2.75) is 252 Å². The smallest absolute Gasteiger partial charge is 0.306 e. The van der Waals surface area contributed by atoms with Crippen LogP contribution in [0.5, 0.6) is 0 Å². The average Bonchev–Trinajstić information content (AvgIpc) is 3.31. The molecule has 1 atom stereocenters. The average molecular weight is 917 g/mol. The number of esters is 3. The Bertz CT molecular complexity index is 1330. The van der Waals surface area contributed by atoms with Gasteiger partial charge in [0, 0.05) is 19.3 Å². The van der Waals surface area contributed by atoms with Crippen molar-refractivity contribution >= 4 is 17.9 Å². The van der Waals surface area contributed by atoms with Crippen LogP contribution in [-0.2, 0) is 28.6 Å². The lowest BCUT2D eigenvalue weighted by Crippen LogP contribution is -2.30. The molecule has 376 valence electrons. The van der Waals surface area contributed by atoms with E-state index >= 15 is 0 Å². The molecule has 0 aliphatic rings. The highest BCUT2D eigenvalue weighted by atomic mass is 16.6. The summed E-state index contributed by atoms with van der Waals surface area (Å²) in [6.07, 6.45) is 71.2. The third-order valence-corrected chi connectivity index (χ3v) is 11.3. The van der Waals surface area contributed by atoms with Gasteiger partial charge < -0.3 is 14.2 Å². The summed E-state index contributed by atoms with van der Waals surface area (Å²) >= 11 is 0. The number of carbonyl (C=O) groups excluding carboxylic acids is 3. The maximum atomic E-state index is 12.8. The zero-order valence-corrected chi connectivity index (χ0v) is 42.9. The molecule has 0 aromatic rings. The van der Waals surface area contributed by atoms with Gasteiger partial charge in [0.25, 0.3) is 0 Å². The molecule has 1 unspecified atom stereocenters. The molecular weight excluding hydrogens is 817 g/mol. The lowest BCUT2D eigenvalue weighted by Gasteiger charge is -2.18. The Balaban J connectivity index is 4.55. The van der Waals surface area contributed by atoms with E-state index in [-0.39, 0.29) is 44.0 Å². The lowest BCUT2D eigenvalue weighted by molar-refractivity contribution is -0.167. The van der Waals surface area contributed by atoms with Crippen LogP contribution in [0, 0.1) is 0 Å². The minimum Gasteiger partial charge on any atom is -0.462 e. The van der Waals surface area contributed by atoms with Crippen molar-refractivity contribution in [1.29, 1.82) is 0 Å². The van der Waals surface area contributed by atoms with E-state index in [0.29, 0.717) is 19.3 Å². The summed E-state index contributed by atoms with van der Waals surface area (Å²) in [5.74, 6) is -1.03. The fourth-order valence-corrected chi connectivity index (χ4v) is 7.22. The van der Waals surface area contributed by atoms with E-state index in [2.05, 4.69) is 118 Å². The summed E-state index contributed by atoms with van der Waals surface area (Å²) in [6.45, 7) is 6.42. The highest BCUT2D eigenvalue weighted by Gasteiger charge is 2.19. The molecule has 0 aliphatic heterocycles. The summed E-state index contributed by atoms with van der Waals surface area (Å²) < 4.78 is 16.7. The van der Waals surface area contributed by atoms with Gasteiger partial charge in [-0.25, -0.2) is 0 Å². The van der Waals surface area contributed by atoms with E-state index in [0.717, 1.165) is 77.0 Å². The first-order valence-electron chi connectivity index (χ1n) is 27.2. The Morgan fingerprint density at radius 1 is 0.318 bits per heavy atom. The van der Waals surface area contributed by atoms with Crippen LogP contribution in [0.1, 0.15) is 245 Å². The molecule has 0 heterocycles. The molecular formula is C60H100O6.